The van der Waals surface area contributed by atoms with Crippen molar-refractivity contribution in [2.24, 2.45) is 0 Å². The fourth-order valence-electron chi connectivity index (χ4n) is 2.93. The second kappa shape index (κ2) is 7.23. The first-order chi connectivity index (χ1) is 11.1. The van der Waals surface area contributed by atoms with Crippen LogP contribution >= 0.6 is 11.3 Å². The Bertz CT molecular complexity index is 689. The number of thiazole rings is 1. The zero-order valence-corrected chi connectivity index (χ0v) is 14.6. The van der Waals surface area contributed by atoms with Crippen LogP contribution in [0.15, 0.2) is 24.3 Å². The van der Waals surface area contributed by atoms with Gasteiger partial charge in [-0.15, -0.1) is 11.3 Å². The molecule has 1 saturated heterocycles. The van der Waals surface area contributed by atoms with Crippen molar-refractivity contribution in [2.75, 3.05) is 18.4 Å². The summed E-state index contributed by atoms with van der Waals surface area (Å²) in [5.74, 6) is -0.0563. The molecule has 4 nitrogen and oxygen atoms in total. The minimum atomic E-state index is -0.0563. The lowest BCUT2D eigenvalue weighted by molar-refractivity contribution is 0.102. The van der Waals surface area contributed by atoms with Crippen LogP contribution in [0.2, 0.25) is 0 Å². The number of amides is 1. The summed E-state index contributed by atoms with van der Waals surface area (Å²) in [5.41, 5.74) is 2.76. The van der Waals surface area contributed by atoms with Crippen molar-refractivity contribution >= 4 is 22.9 Å². The number of nitrogens with zero attached hydrogens (tertiary/aromatic N) is 2. The van der Waals surface area contributed by atoms with Crippen LogP contribution in [0.5, 0.6) is 0 Å². The zero-order valence-electron chi connectivity index (χ0n) is 13.8. The van der Waals surface area contributed by atoms with E-state index < -0.39 is 0 Å². The van der Waals surface area contributed by atoms with Crippen LogP contribution in [-0.2, 0) is 6.54 Å². The Hall–Kier alpha value is -1.72. The second-order valence-corrected chi connectivity index (χ2v) is 7.21. The van der Waals surface area contributed by atoms with Crippen LogP contribution in [0, 0.1) is 13.8 Å². The van der Waals surface area contributed by atoms with Gasteiger partial charge in [0.1, 0.15) is 9.88 Å². The van der Waals surface area contributed by atoms with E-state index in [1.807, 2.05) is 38.1 Å². The Balaban J connectivity index is 1.70. The maximum absolute atomic E-state index is 12.5. The summed E-state index contributed by atoms with van der Waals surface area (Å²) in [6.07, 6.45) is 3.87. The molecule has 0 bridgehead atoms. The predicted molar refractivity (Wildman–Crippen MR) is 95.1 cm³/mol. The molecule has 0 saturated carbocycles. The van der Waals surface area contributed by atoms with Crippen LogP contribution in [0.25, 0.3) is 0 Å². The van der Waals surface area contributed by atoms with Crippen LogP contribution < -0.4 is 5.32 Å². The maximum atomic E-state index is 12.5. The smallest absolute Gasteiger partial charge is 0.267 e. The molecule has 5 heteroatoms. The van der Waals surface area contributed by atoms with E-state index >= 15 is 0 Å². The van der Waals surface area contributed by atoms with Gasteiger partial charge in [0.2, 0.25) is 0 Å². The van der Waals surface area contributed by atoms with E-state index in [0.29, 0.717) is 0 Å². The number of anilines is 1. The van der Waals surface area contributed by atoms with Crippen molar-refractivity contribution in [3.63, 3.8) is 0 Å². The third-order valence-corrected chi connectivity index (χ3v) is 5.39. The monoisotopic (exact) mass is 329 g/mol. The van der Waals surface area contributed by atoms with Gasteiger partial charge in [0.15, 0.2) is 0 Å². The van der Waals surface area contributed by atoms with Crippen molar-refractivity contribution in [1.82, 2.24) is 9.88 Å². The minimum absolute atomic E-state index is 0.0563. The molecule has 0 atom stereocenters. The van der Waals surface area contributed by atoms with E-state index in [2.05, 4.69) is 15.2 Å². The highest BCUT2D eigenvalue weighted by atomic mass is 32.1. The third kappa shape index (κ3) is 3.98. The first kappa shape index (κ1) is 16.1. The zero-order chi connectivity index (χ0) is 16.2. The molecule has 23 heavy (non-hydrogen) atoms. The fraction of sp³-hybridized carbons (Fsp3) is 0.444. The van der Waals surface area contributed by atoms with Gasteiger partial charge in [-0.05, 0) is 51.4 Å². The highest BCUT2D eigenvalue weighted by Crippen LogP contribution is 2.23. The van der Waals surface area contributed by atoms with Crippen molar-refractivity contribution in [3.05, 3.63) is 45.4 Å². The number of hydrogen-bond acceptors (Lipinski definition) is 4. The van der Waals surface area contributed by atoms with E-state index in [9.17, 15) is 4.79 Å². The summed E-state index contributed by atoms with van der Waals surface area (Å²) in [5, 5.41) is 4.04. The fourth-order valence-corrected chi connectivity index (χ4v) is 3.93. The number of rotatable bonds is 4. The lowest BCUT2D eigenvalue weighted by Gasteiger charge is -2.25. The predicted octanol–water partition coefficient (Wildman–Crippen LogP) is 4.00. The quantitative estimate of drug-likeness (QED) is 0.922. The summed E-state index contributed by atoms with van der Waals surface area (Å²) in [6.45, 7) is 7.07. The molecule has 2 heterocycles. The molecular weight excluding hydrogens is 306 g/mol. The molecule has 1 fully saturated rings. The van der Waals surface area contributed by atoms with Gasteiger partial charge >= 0.3 is 0 Å². The van der Waals surface area contributed by atoms with Gasteiger partial charge in [-0.1, -0.05) is 24.6 Å². The van der Waals surface area contributed by atoms with Crippen molar-refractivity contribution in [2.45, 2.75) is 39.7 Å². The molecule has 0 unspecified atom stereocenters. The summed E-state index contributed by atoms with van der Waals surface area (Å²) >= 11 is 1.52. The van der Waals surface area contributed by atoms with Crippen LogP contribution in [0.4, 0.5) is 5.69 Å². The number of likely N-dealkylation sites (tertiary alicyclic amines) is 1. The number of aryl methyl sites for hydroxylation is 2. The topological polar surface area (TPSA) is 45.2 Å². The SMILES string of the molecule is Cc1ccccc1NC(=O)c1sc(CN2CCCCC2)nc1C. The number of carbonyl (C=O) groups is 1. The van der Waals surface area contributed by atoms with Gasteiger partial charge < -0.3 is 5.32 Å². The maximum Gasteiger partial charge on any atom is 0.267 e. The summed E-state index contributed by atoms with van der Waals surface area (Å²) in [4.78, 5) is 20.3. The molecule has 2 aromatic rings. The summed E-state index contributed by atoms with van der Waals surface area (Å²) < 4.78 is 0. The number of nitrogens with one attached hydrogen (secondary N) is 1. The first-order valence-electron chi connectivity index (χ1n) is 8.19. The number of carbonyl (C=O) groups excluding carboxylic acids is 1. The largest absolute Gasteiger partial charge is 0.321 e. The highest BCUT2D eigenvalue weighted by Gasteiger charge is 2.18. The van der Waals surface area contributed by atoms with Crippen molar-refractivity contribution < 1.29 is 4.79 Å². The Kier molecular flexibility index (Phi) is 5.08. The van der Waals surface area contributed by atoms with Gasteiger partial charge in [-0.25, -0.2) is 4.98 Å². The normalized spacial score (nSPS) is 15.6. The molecule has 1 amide bonds. The number of para-hydroxylation sites is 1. The molecule has 122 valence electrons. The van der Waals surface area contributed by atoms with E-state index in [1.165, 1.54) is 30.6 Å². The third-order valence-electron chi connectivity index (χ3n) is 4.25. The second-order valence-electron chi connectivity index (χ2n) is 6.13. The van der Waals surface area contributed by atoms with Gasteiger partial charge in [0.05, 0.1) is 12.2 Å². The van der Waals surface area contributed by atoms with Gasteiger partial charge in [0, 0.05) is 5.69 Å². The molecule has 3 rings (SSSR count). The van der Waals surface area contributed by atoms with Crippen molar-refractivity contribution in [3.8, 4) is 0 Å². The molecule has 0 spiro atoms. The number of piperidine rings is 1. The van der Waals surface area contributed by atoms with Gasteiger partial charge in [-0.2, -0.15) is 0 Å². The molecule has 0 aliphatic carbocycles. The van der Waals surface area contributed by atoms with E-state index in [4.69, 9.17) is 0 Å². The van der Waals surface area contributed by atoms with Crippen molar-refractivity contribution in [1.29, 1.82) is 0 Å². The lowest BCUT2D eigenvalue weighted by Crippen LogP contribution is -2.28. The van der Waals surface area contributed by atoms with E-state index in [-0.39, 0.29) is 5.91 Å². The summed E-state index contributed by atoms with van der Waals surface area (Å²) in [6, 6.07) is 7.83. The van der Waals surface area contributed by atoms with E-state index in [1.54, 1.807) is 0 Å². The highest BCUT2D eigenvalue weighted by molar-refractivity contribution is 7.13. The lowest BCUT2D eigenvalue weighted by atomic mass is 10.1. The molecular formula is C18H23N3OS. The Morgan fingerprint density at radius 3 is 2.70 bits per heavy atom. The van der Waals surface area contributed by atoms with Gasteiger partial charge in [0.25, 0.3) is 5.91 Å². The first-order valence-corrected chi connectivity index (χ1v) is 9.01. The average Bonchev–Trinajstić information content (AvgIpc) is 2.91. The Morgan fingerprint density at radius 1 is 1.22 bits per heavy atom. The number of aromatic nitrogens is 1. The Morgan fingerprint density at radius 2 is 1.96 bits per heavy atom. The molecule has 1 aliphatic heterocycles. The number of hydrogen-bond donors (Lipinski definition) is 1. The average molecular weight is 329 g/mol. The van der Waals surface area contributed by atoms with Crippen LogP contribution in [0.3, 0.4) is 0 Å². The molecule has 1 N–H and O–H groups in total. The molecule has 1 aliphatic rings. The van der Waals surface area contributed by atoms with E-state index in [0.717, 1.165) is 46.5 Å². The Labute approximate surface area is 141 Å². The van der Waals surface area contributed by atoms with Crippen LogP contribution in [-0.4, -0.2) is 28.9 Å². The standard InChI is InChI=1S/C18H23N3OS/c1-13-8-4-5-9-15(13)20-18(22)17-14(2)19-16(23-17)12-21-10-6-3-7-11-21/h4-5,8-9H,3,6-7,10-12H2,1-2H3,(H,20,22). The summed E-state index contributed by atoms with van der Waals surface area (Å²) in [7, 11) is 0. The number of benzene rings is 1. The molecule has 1 aromatic heterocycles. The van der Waals surface area contributed by atoms with Crippen LogP contribution in [0.1, 0.15) is 45.2 Å². The van der Waals surface area contributed by atoms with Gasteiger partial charge in [-0.3, -0.25) is 9.69 Å². The molecule has 0 radical (unpaired) electrons. The molecule has 1 aromatic carbocycles. The minimum Gasteiger partial charge on any atom is -0.321 e.